The average molecular weight is 258 g/mol. The molecule has 0 aromatic heterocycles. The fourth-order valence-electron chi connectivity index (χ4n) is 0.628. The topological polar surface area (TPSA) is 9.23 Å². The fraction of sp³-hybridized carbons (Fsp3) is 1.00. The van der Waals surface area contributed by atoms with E-state index in [-0.39, 0.29) is 17.0 Å². The van der Waals surface area contributed by atoms with E-state index in [1.807, 2.05) is 0 Å². The van der Waals surface area contributed by atoms with Gasteiger partial charge in [-0.3, -0.25) is 0 Å². The molecule has 1 saturated heterocycles. The maximum absolute atomic E-state index is 4.94. The number of ether oxygens (including phenoxy) is 1. The van der Waals surface area contributed by atoms with E-state index < -0.39 is 0 Å². The first-order chi connectivity index (χ1) is 4.39. The molecule has 2 rings (SSSR count). The van der Waals surface area contributed by atoms with Gasteiger partial charge in [-0.15, -0.1) is 0 Å². The van der Waals surface area contributed by atoms with Gasteiger partial charge in [0.05, 0.1) is 0 Å². The number of hydrogen-bond donors (Lipinski definition) is 0. The molecule has 0 aromatic carbocycles. The standard InChI is InChI=1S/C4H8O.C3H5.BrH.Zn/c1-2-4-5-3-1;1-2-3-1;;/h1-4H2;1H,2-3H2;1H;/q;;;+1/p-1. The molecule has 1 nitrogen and oxygen atoms in total. The molecule has 0 atom stereocenters. The zero-order chi connectivity index (χ0) is 6.53. The summed E-state index contributed by atoms with van der Waals surface area (Å²) in [6.45, 7) is 2.00. The van der Waals surface area contributed by atoms with Crippen LogP contribution in [0.5, 0.6) is 0 Å². The Balaban J connectivity index is 0.000000150. The van der Waals surface area contributed by atoms with E-state index in [0.717, 1.165) is 13.2 Å². The second kappa shape index (κ2) is 6.75. The van der Waals surface area contributed by atoms with Gasteiger partial charge in [-0.25, -0.2) is 0 Å². The van der Waals surface area contributed by atoms with Gasteiger partial charge in [-0.05, 0) is 12.8 Å². The molecule has 56 valence electrons. The minimum atomic E-state index is 0. The summed E-state index contributed by atoms with van der Waals surface area (Å²) in [5, 5.41) is 0. The van der Waals surface area contributed by atoms with Gasteiger partial charge < -0.3 is 21.7 Å². The fourth-order valence-corrected chi connectivity index (χ4v) is 1.12. The molecule has 0 spiro atoms. The molecular weight excluding hydrogens is 245 g/mol. The molecule has 0 bridgehead atoms. The summed E-state index contributed by atoms with van der Waals surface area (Å²) in [4.78, 5) is 0. The Morgan fingerprint density at radius 2 is 1.50 bits per heavy atom. The molecule has 0 N–H and O–H groups in total. The van der Waals surface area contributed by atoms with Crippen molar-refractivity contribution in [1.82, 2.24) is 0 Å². The summed E-state index contributed by atoms with van der Waals surface area (Å²) in [7, 11) is 0. The second-order valence-corrected chi connectivity index (χ2v) is 5.19. The molecule has 3 heteroatoms. The second-order valence-electron chi connectivity index (χ2n) is 2.76. The predicted molar refractivity (Wildman–Crippen MR) is 33.0 cm³/mol. The normalized spacial score (nSPS) is 22.6. The number of hydrogen-bond acceptors (Lipinski definition) is 1. The van der Waals surface area contributed by atoms with Crippen LogP contribution in [0.25, 0.3) is 0 Å². The van der Waals surface area contributed by atoms with Crippen molar-refractivity contribution in [2.75, 3.05) is 13.2 Å². The maximum atomic E-state index is 4.94. The first-order valence-corrected chi connectivity index (χ1v) is 5.52. The van der Waals surface area contributed by atoms with Gasteiger partial charge in [-0.1, -0.05) is 0 Å². The Kier molecular flexibility index (Phi) is 7.47. The SMILES string of the molecule is C1CCOC1.[Br-].[Zn+][CH]1CC1. The van der Waals surface area contributed by atoms with E-state index in [0.29, 0.717) is 0 Å². The van der Waals surface area contributed by atoms with Gasteiger partial charge >= 0.3 is 35.7 Å². The molecule has 2 aliphatic rings. The van der Waals surface area contributed by atoms with E-state index in [1.54, 1.807) is 31.1 Å². The van der Waals surface area contributed by atoms with E-state index in [2.05, 4.69) is 0 Å². The molecule has 0 radical (unpaired) electrons. The molecule has 10 heavy (non-hydrogen) atoms. The van der Waals surface area contributed by atoms with Gasteiger partial charge in [0.15, 0.2) is 0 Å². The Bertz CT molecular complexity index is 64.4. The van der Waals surface area contributed by atoms with Gasteiger partial charge in [0.2, 0.25) is 0 Å². The van der Waals surface area contributed by atoms with Crippen molar-refractivity contribution < 1.29 is 40.0 Å². The molecule has 2 fully saturated rings. The molecule has 0 unspecified atom stereocenters. The van der Waals surface area contributed by atoms with E-state index >= 15 is 0 Å². The van der Waals surface area contributed by atoms with Crippen LogP contribution in [0.15, 0.2) is 0 Å². The van der Waals surface area contributed by atoms with Gasteiger partial charge in [0, 0.05) is 13.2 Å². The van der Waals surface area contributed by atoms with Gasteiger partial charge in [-0.2, -0.15) is 0 Å². The molecule has 1 heterocycles. The first kappa shape index (κ1) is 11.1. The van der Waals surface area contributed by atoms with Crippen LogP contribution >= 0.6 is 0 Å². The molecule has 0 amide bonds. The van der Waals surface area contributed by atoms with Crippen molar-refractivity contribution >= 4 is 0 Å². The third-order valence-corrected chi connectivity index (χ3v) is 3.24. The summed E-state index contributed by atoms with van der Waals surface area (Å²) in [5.41, 5.74) is 0. The predicted octanol–water partition coefficient (Wildman–Crippen LogP) is -1.08. The molecule has 1 saturated carbocycles. The Morgan fingerprint density at radius 1 is 1.10 bits per heavy atom. The van der Waals surface area contributed by atoms with Crippen molar-refractivity contribution in [2.45, 2.75) is 30.2 Å². The van der Waals surface area contributed by atoms with Crippen LogP contribution in [0.1, 0.15) is 25.7 Å². The Morgan fingerprint density at radius 3 is 1.60 bits per heavy atom. The summed E-state index contributed by atoms with van der Waals surface area (Å²) in [6, 6.07) is 0. The summed E-state index contributed by atoms with van der Waals surface area (Å²) in [5.74, 6) is 0. The van der Waals surface area contributed by atoms with Crippen molar-refractivity contribution in [3.05, 3.63) is 0 Å². The Hall–Kier alpha value is 1.06. The van der Waals surface area contributed by atoms with Crippen LogP contribution in [0.3, 0.4) is 0 Å². The van der Waals surface area contributed by atoms with Crippen molar-refractivity contribution in [3.63, 3.8) is 0 Å². The zero-order valence-electron chi connectivity index (χ0n) is 6.31. The molecule has 1 aliphatic heterocycles. The molecular formula is C7H13BrOZn. The number of rotatable bonds is 0. The van der Waals surface area contributed by atoms with E-state index in [1.165, 1.54) is 17.4 Å². The van der Waals surface area contributed by atoms with E-state index in [4.69, 9.17) is 4.74 Å². The van der Waals surface area contributed by atoms with E-state index in [9.17, 15) is 0 Å². The van der Waals surface area contributed by atoms with Crippen LogP contribution < -0.4 is 17.0 Å². The zero-order valence-corrected chi connectivity index (χ0v) is 10.9. The third-order valence-electron chi connectivity index (χ3n) is 1.52. The van der Waals surface area contributed by atoms with Gasteiger partial charge in [0.25, 0.3) is 0 Å². The summed E-state index contributed by atoms with van der Waals surface area (Å²) < 4.78 is 6.15. The Labute approximate surface area is 83.3 Å². The van der Waals surface area contributed by atoms with Crippen LogP contribution in [0.2, 0.25) is 4.51 Å². The van der Waals surface area contributed by atoms with Gasteiger partial charge in [0.1, 0.15) is 0 Å². The van der Waals surface area contributed by atoms with Crippen molar-refractivity contribution in [3.8, 4) is 0 Å². The first-order valence-electron chi connectivity index (χ1n) is 3.80. The van der Waals surface area contributed by atoms with Crippen molar-refractivity contribution in [1.29, 1.82) is 0 Å². The number of halogens is 1. The van der Waals surface area contributed by atoms with Crippen LogP contribution in [-0.4, -0.2) is 13.2 Å². The van der Waals surface area contributed by atoms with Crippen molar-refractivity contribution in [2.24, 2.45) is 0 Å². The van der Waals surface area contributed by atoms with Crippen LogP contribution in [0, 0.1) is 0 Å². The quantitative estimate of drug-likeness (QED) is 0.502. The average Bonchev–Trinajstić information content (AvgIpc) is 2.52. The summed E-state index contributed by atoms with van der Waals surface area (Å²) in [6.07, 6.45) is 5.64. The molecule has 1 aliphatic carbocycles. The summed E-state index contributed by atoms with van der Waals surface area (Å²) >= 11 is 1.54. The molecule has 0 aromatic rings. The minimum absolute atomic E-state index is 0. The third kappa shape index (κ3) is 7.17. The van der Waals surface area contributed by atoms with Crippen LogP contribution in [0.4, 0.5) is 0 Å². The monoisotopic (exact) mass is 256 g/mol. The van der Waals surface area contributed by atoms with Crippen LogP contribution in [-0.2, 0) is 23.0 Å².